The zero-order valence-corrected chi connectivity index (χ0v) is 17.5. The summed E-state index contributed by atoms with van der Waals surface area (Å²) in [5.41, 5.74) is 1.47. The highest BCUT2D eigenvalue weighted by Gasteiger charge is 2.34. The van der Waals surface area contributed by atoms with E-state index in [1.165, 1.54) is 32.3 Å². The van der Waals surface area contributed by atoms with Crippen molar-refractivity contribution < 1.29 is 33.3 Å². The van der Waals surface area contributed by atoms with E-state index < -0.39 is 5.97 Å². The average molecular weight is 425 g/mol. The summed E-state index contributed by atoms with van der Waals surface area (Å²) in [6.07, 6.45) is 3.19. The summed E-state index contributed by atoms with van der Waals surface area (Å²) in [5, 5.41) is 0. The van der Waals surface area contributed by atoms with Crippen LogP contribution < -0.4 is 14.2 Å². The molecule has 0 spiro atoms. The van der Waals surface area contributed by atoms with Crippen LogP contribution in [0.4, 0.5) is 0 Å². The summed E-state index contributed by atoms with van der Waals surface area (Å²) in [6.45, 7) is 0.252. The van der Waals surface area contributed by atoms with Gasteiger partial charge in [0.25, 0.3) is 11.8 Å². The second-order valence-electron chi connectivity index (χ2n) is 6.62. The second-order valence-corrected chi connectivity index (χ2v) is 6.62. The number of ether oxygens (including phenoxy) is 4. The first kappa shape index (κ1) is 21.9. The Morgan fingerprint density at radius 2 is 1.52 bits per heavy atom. The maximum absolute atomic E-state index is 12.3. The maximum Gasteiger partial charge on any atom is 0.330 e. The molecular formula is C23H23NO7. The molecular weight excluding hydrogens is 402 g/mol. The summed E-state index contributed by atoms with van der Waals surface area (Å²) in [6, 6.07) is 10.1. The summed E-state index contributed by atoms with van der Waals surface area (Å²) in [7, 11) is 4.52. The van der Waals surface area contributed by atoms with Gasteiger partial charge in [-0.3, -0.25) is 14.5 Å². The Bertz CT molecular complexity index is 968. The minimum absolute atomic E-state index is 0.0752. The van der Waals surface area contributed by atoms with Crippen molar-refractivity contribution in [2.75, 3.05) is 34.5 Å². The molecule has 0 radical (unpaired) electrons. The first-order valence-electron chi connectivity index (χ1n) is 9.60. The summed E-state index contributed by atoms with van der Waals surface area (Å²) < 4.78 is 21.0. The van der Waals surface area contributed by atoms with Crippen LogP contribution in [0.25, 0.3) is 6.08 Å². The van der Waals surface area contributed by atoms with E-state index in [1.54, 1.807) is 42.5 Å². The van der Waals surface area contributed by atoms with E-state index in [0.29, 0.717) is 40.4 Å². The van der Waals surface area contributed by atoms with Gasteiger partial charge in [0.1, 0.15) is 0 Å². The minimum atomic E-state index is -0.545. The first-order chi connectivity index (χ1) is 15.0. The van der Waals surface area contributed by atoms with Crippen LogP contribution in [0, 0.1) is 0 Å². The van der Waals surface area contributed by atoms with Gasteiger partial charge in [-0.15, -0.1) is 0 Å². The minimum Gasteiger partial charge on any atom is -0.493 e. The van der Waals surface area contributed by atoms with Crippen molar-refractivity contribution in [1.82, 2.24) is 4.90 Å². The zero-order chi connectivity index (χ0) is 22.4. The van der Waals surface area contributed by atoms with E-state index in [2.05, 4.69) is 0 Å². The number of carbonyl (C=O) groups is 3. The van der Waals surface area contributed by atoms with Gasteiger partial charge in [0.15, 0.2) is 11.5 Å². The lowest BCUT2D eigenvalue weighted by atomic mass is 10.1. The molecule has 1 heterocycles. The predicted octanol–water partition coefficient (Wildman–Crippen LogP) is 2.96. The smallest absolute Gasteiger partial charge is 0.330 e. The standard InChI is InChI=1S/C23H23NO7/c1-28-18-13-15(14-19(29-2)21(18)30-3)9-10-20(25)31-12-6-11-24-22(26)16-7-4-5-8-17(16)23(24)27/h4-5,7-10,13-14H,6,11-12H2,1-3H3/b10-9+. The molecule has 8 nitrogen and oxygen atoms in total. The lowest BCUT2D eigenvalue weighted by molar-refractivity contribution is -0.137. The number of methoxy groups -OCH3 is 3. The lowest BCUT2D eigenvalue weighted by Gasteiger charge is -2.13. The third-order valence-corrected chi connectivity index (χ3v) is 4.75. The molecule has 162 valence electrons. The third kappa shape index (κ3) is 4.69. The molecule has 2 aromatic rings. The molecule has 0 unspecified atom stereocenters. The Hall–Kier alpha value is -3.81. The Morgan fingerprint density at radius 1 is 0.935 bits per heavy atom. The topological polar surface area (TPSA) is 91.4 Å². The Morgan fingerprint density at radius 3 is 2.03 bits per heavy atom. The van der Waals surface area contributed by atoms with Gasteiger partial charge >= 0.3 is 5.97 Å². The number of hydrogen-bond acceptors (Lipinski definition) is 7. The van der Waals surface area contributed by atoms with Gasteiger partial charge in [-0.25, -0.2) is 4.79 Å². The quantitative estimate of drug-likeness (QED) is 0.264. The van der Waals surface area contributed by atoms with E-state index in [4.69, 9.17) is 18.9 Å². The Balaban J connectivity index is 1.52. The van der Waals surface area contributed by atoms with Crippen molar-refractivity contribution in [3.8, 4) is 17.2 Å². The number of hydrogen-bond donors (Lipinski definition) is 0. The summed E-state index contributed by atoms with van der Waals surface area (Å²) in [4.78, 5) is 37.8. The number of rotatable bonds is 9. The molecule has 0 saturated carbocycles. The average Bonchev–Trinajstić information content (AvgIpc) is 3.04. The van der Waals surface area contributed by atoms with Crippen LogP contribution in [0.2, 0.25) is 0 Å². The molecule has 31 heavy (non-hydrogen) atoms. The lowest BCUT2D eigenvalue weighted by Crippen LogP contribution is -2.31. The number of carbonyl (C=O) groups excluding carboxylic acids is 3. The fourth-order valence-corrected chi connectivity index (χ4v) is 3.25. The summed E-state index contributed by atoms with van der Waals surface area (Å²) >= 11 is 0. The molecule has 0 aromatic heterocycles. The van der Waals surface area contributed by atoms with E-state index in [0.717, 1.165) is 0 Å². The van der Waals surface area contributed by atoms with Crippen molar-refractivity contribution in [3.63, 3.8) is 0 Å². The highest BCUT2D eigenvalue weighted by molar-refractivity contribution is 6.21. The van der Waals surface area contributed by atoms with Crippen LogP contribution >= 0.6 is 0 Å². The highest BCUT2D eigenvalue weighted by atomic mass is 16.5. The van der Waals surface area contributed by atoms with Crippen molar-refractivity contribution in [2.45, 2.75) is 6.42 Å². The fraction of sp³-hybridized carbons (Fsp3) is 0.261. The fourth-order valence-electron chi connectivity index (χ4n) is 3.25. The van der Waals surface area contributed by atoms with E-state index >= 15 is 0 Å². The number of nitrogens with zero attached hydrogens (tertiary/aromatic N) is 1. The normalized spacial score (nSPS) is 12.8. The van der Waals surface area contributed by atoms with Crippen LogP contribution in [0.15, 0.2) is 42.5 Å². The molecule has 2 aromatic carbocycles. The number of benzene rings is 2. The van der Waals surface area contributed by atoms with E-state index in [9.17, 15) is 14.4 Å². The molecule has 0 bridgehead atoms. The van der Waals surface area contributed by atoms with Gasteiger partial charge in [-0.05, 0) is 42.3 Å². The van der Waals surface area contributed by atoms with Crippen LogP contribution in [0.1, 0.15) is 32.7 Å². The molecule has 0 atom stereocenters. The SMILES string of the molecule is COc1cc(/C=C/C(=O)OCCCN2C(=O)c3ccccc3C2=O)cc(OC)c1OC. The molecule has 8 heteroatoms. The number of esters is 1. The van der Waals surface area contributed by atoms with Gasteiger partial charge in [0, 0.05) is 12.6 Å². The zero-order valence-electron chi connectivity index (χ0n) is 17.5. The van der Waals surface area contributed by atoms with Crippen LogP contribution in [0.5, 0.6) is 17.2 Å². The largest absolute Gasteiger partial charge is 0.493 e. The first-order valence-corrected chi connectivity index (χ1v) is 9.60. The number of fused-ring (bicyclic) bond motifs is 1. The molecule has 1 aliphatic rings. The Kier molecular flexibility index (Phi) is 6.92. The van der Waals surface area contributed by atoms with Gasteiger partial charge in [-0.1, -0.05) is 12.1 Å². The van der Waals surface area contributed by atoms with E-state index in [-0.39, 0.29) is 25.0 Å². The van der Waals surface area contributed by atoms with Crippen molar-refractivity contribution in [1.29, 1.82) is 0 Å². The summed E-state index contributed by atoms with van der Waals surface area (Å²) in [5.74, 6) is 0.198. The van der Waals surface area contributed by atoms with Gasteiger partial charge < -0.3 is 18.9 Å². The van der Waals surface area contributed by atoms with Crippen LogP contribution in [0.3, 0.4) is 0 Å². The van der Waals surface area contributed by atoms with E-state index in [1.807, 2.05) is 0 Å². The third-order valence-electron chi connectivity index (χ3n) is 4.75. The monoisotopic (exact) mass is 425 g/mol. The Labute approximate surface area is 180 Å². The molecule has 0 aliphatic carbocycles. The maximum atomic E-state index is 12.3. The molecule has 0 N–H and O–H groups in total. The number of amides is 2. The van der Waals surface area contributed by atoms with Crippen molar-refractivity contribution >= 4 is 23.9 Å². The van der Waals surface area contributed by atoms with Crippen molar-refractivity contribution in [3.05, 3.63) is 59.2 Å². The van der Waals surface area contributed by atoms with Crippen LogP contribution in [-0.4, -0.2) is 57.2 Å². The van der Waals surface area contributed by atoms with Gasteiger partial charge in [0.2, 0.25) is 5.75 Å². The predicted molar refractivity (Wildman–Crippen MR) is 113 cm³/mol. The molecule has 3 rings (SSSR count). The molecule has 0 fully saturated rings. The van der Waals surface area contributed by atoms with Crippen LogP contribution in [-0.2, 0) is 9.53 Å². The second kappa shape index (κ2) is 9.80. The van der Waals surface area contributed by atoms with Gasteiger partial charge in [0.05, 0.1) is 39.1 Å². The highest BCUT2D eigenvalue weighted by Crippen LogP contribution is 2.38. The molecule has 2 amide bonds. The number of imide groups is 1. The van der Waals surface area contributed by atoms with Gasteiger partial charge in [-0.2, -0.15) is 0 Å². The van der Waals surface area contributed by atoms with Crippen molar-refractivity contribution in [2.24, 2.45) is 0 Å². The molecule has 1 aliphatic heterocycles. The molecule has 0 saturated heterocycles.